The summed E-state index contributed by atoms with van der Waals surface area (Å²) in [5, 5.41) is 3.29. The standard InChI is InChI=1S/C16H26N2O3/c1-18(2)16(19)5-4-11-21-15-8-6-14(7-9-15)13-17-10-12-20-3/h6-9,17H,4-5,10-13H2,1-3H3. The molecule has 1 rings (SSSR count). The van der Waals surface area contributed by atoms with Gasteiger partial charge < -0.3 is 19.7 Å². The van der Waals surface area contributed by atoms with Gasteiger partial charge in [-0.25, -0.2) is 0 Å². The van der Waals surface area contributed by atoms with Crippen LogP contribution in [0, 0.1) is 0 Å². The lowest BCUT2D eigenvalue weighted by Gasteiger charge is -2.11. The first-order valence-corrected chi connectivity index (χ1v) is 7.25. The minimum Gasteiger partial charge on any atom is -0.494 e. The smallest absolute Gasteiger partial charge is 0.222 e. The van der Waals surface area contributed by atoms with Crippen molar-refractivity contribution in [3.8, 4) is 5.75 Å². The molecule has 0 saturated heterocycles. The minimum atomic E-state index is 0.135. The largest absolute Gasteiger partial charge is 0.494 e. The van der Waals surface area contributed by atoms with Crippen molar-refractivity contribution >= 4 is 5.91 Å². The van der Waals surface area contributed by atoms with Crippen LogP contribution in [0.4, 0.5) is 0 Å². The molecule has 0 heterocycles. The van der Waals surface area contributed by atoms with E-state index in [0.717, 1.165) is 25.3 Å². The second kappa shape index (κ2) is 10.2. The highest BCUT2D eigenvalue weighted by Gasteiger charge is 2.03. The van der Waals surface area contributed by atoms with Gasteiger partial charge in [-0.15, -0.1) is 0 Å². The maximum Gasteiger partial charge on any atom is 0.222 e. The summed E-state index contributed by atoms with van der Waals surface area (Å²) in [5.41, 5.74) is 1.21. The highest BCUT2D eigenvalue weighted by atomic mass is 16.5. The molecular formula is C16H26N2O3. The van der Waals surface area contributed by atoms with E-state index in [1.165, 1.54) is 5.56 Å². The van der Waals surface area contributed by atoms with Crippen molar-refractivity contribution in [1.82, 2.24) is 10.2 Å². The second-order valence-electron chi connectivity index (χ2n) is 5.05. The van der Waals surface area contributed by atoms with E-state index in [9.17, 15) is 4.79 Å². The number of amides is 1. The first kappa shape index (κ1) is 17.5. The van der Waals surface area contributed by atoms with Gasteiger partial charge in [0, 0.05) is 40.7 Å². The molecule has 0 radical (unpaired) electrons. The van der Waals surface area contributed by atoms with Gasteiger partial charge in [-0.05, 0) is 24.1 Å². The predicted octanol–water partition coefficient (Wildman–Crippen LogP) is 1.67. The molecule has 21 heavy (non-hydrogen) atoms. The molecule has 0 saturated carbocycles. The zero-order valence-corrected chi connectivity index (χ0v) is 13.2. The summed E-state index contributed by atoms with van der Waals surface area (Å²) in [6.07, 6.45) is 1.26. The van der Waals surface area contributed by atoms with Crippen molar-refractivity contribution in [3.63, 3.8) is 0 Å². The lowest BCUT2D eigenvalue weighted by atomic mass is 10.2. The number of hydrogen-bond acceptors (Lipinski definition) is 4. The van der Waals surface area contributed by atoms with E-state index < -0.39 is 0 Å². The van der Waals surface area contributed by atoms with Crippen molar-refractivity contribution in [3.05, 3.63) is 29.8 Å². The molecule has 0 unspecified atom stereocenters. The van der Waals surface area contributed by atoms with Gasteiger partial charge in [-0.2, -0.15) is 0 Å². The normalized spacial score (nSPS) is 10.4. The van der Waals surface area contributed by atoms with Crippen molar-refractivity contribution in [2.24, 2.45) is 0 Å². The second-order valence-corrected chi connectivity index (χ2v) is 5.05. The Balaban J connectivity index is 2.20. The van der Waals surface area contributed by atoms with Crippen LogP contribution in [0.5, 0.6) is 5.75 Å². The molecule has 1 aromatic carbocycles. The Morgan fingerprint density at radius 2 is 1.90 bits per heavy atom. The number of methoxy groups -OCH3 is 1. The van der Waals surface area contributed by atoms with Gasteiger partial charge >= 0.3 is 0 Å². The van der Waals surface area contributed by atoms with Crippen molar-refractivity contribution in [2.75, 3.05) is 41.0 Å². The molecule has 0 aromatic heterocycles. The summed E-state index contributed by atoms with van der Waals surface area (Å²) in [6.45, 7) is 2.94. The molecule has 0 aliphatic carbocycles. The summed E-state index contributed by atoms with van der Waals surface area (Å²) < 4.78 is 10.6. The van der Waals surface area contributed by atoms with Gasteiger partial charge in [0.05, 0.1) is 13.2 Å². The van der Waals surface area contributed by atoms with E-state index in [0.29, 0.717) is 19.6 Å². The predicted molar refractivity (Wildman–Crippen MR) is 83.4 cm³/mol. The third kappa shape index (κ3) is 7.68. The fraction of sp³-hybridized carbons (Fsp3) is 0.562. The summed E-state index contributed by atoms with van der Waals surface area (Å²) in [5.74, 6) is 0.976. The summed E-state index contributed by atoms with van der Waals surface area (Å²) in [4.78, 5) is 13.0. The Kier molecular flexibility index (Phi) is 8.47. The first-order valence-electron chi connectivity index (χ1n) is 7.25. The molecule has 0 aliphatic heterocycles. The molecule has 1 N–H and O–H groups in total. The van der Waals surface area contributed by atoms with Crippen molar-refractivity contribution in [2.45, 2.75) is 19.4 Å². The van der Waals surface area contributed by atoms with Gasteiger partial charge in [0.15, 0.2) is 0 Å². The summed E-state index contributed by atoms with van der Waals surface area (Å²) in [7, 11) is 5.23. The molecule has 5 nitrogen and oxygen atoms in total. The fourth-order valence-corrected chi connectivity index (χ4v) is 1.75. The molecule has 1 amide bonds. The Morgan fingerprint density at radius 1 is 1.19 bits per heavy atom. The molecule has 0 spiro atoms. The van der Waals surface area contributed by atoms with Crippen LogP contribution in [0.3, 0.4) is 0 Å². The number of ether oxygens (including phenoxy) is 2. The van der Waals surface area contributed by atoms with Gasteiger partial charge in [0.25, 0.3) is 0 Å². The topological polar surface area (TPSA) is 50.8 Å². The van der Waals surface area contributed by atoms with Crippen LogP contribution in [-0.2, 0) is 16.1 Å². The molecule has 0 atom stereocenters. The third-order valence-electron chi connectivity index (χ3n) is 3.04. The van der Waals surface area contributed by atoms with Crippen LogP contribution < -0.4 is 10.1 Å². The highest BCUT2D eigenvalue weighted by Crippen LogP contribution is 2.12. The number of rotatable bonds is 10. The van der Waals surface area contributed by atoms with E-state index >= 15 is 0 Å². The average Bonchev–Trinajstić information content (AvgIpc) is 2.49. The quantitative estimate of drug-likeness (QED) is 0.667. The Morgan fingerprint density at radius 3 is 2.52 bits per heavy atom. The van der Waals surface area contributed by atoms with Crippen LogP contribution in [0.2, 0.25) is 0 Å². The summed E-state index contributed by atoms with van der Waals surface area (Å²) >= 11 is 0. The van der Waals surface area contributed by atoms with Crippen molar-refractivity contribution < 1.29 is 14.3 Å². The number of carbonyl (C=O) groups is 1. The van der Waals surface area contributed by atoms with Crippen LogP contribution in [0.15, 0.2) is 24.3 Å². The maximum absolute atomic E-state index is 11.4. The van der Waals surface area contributed by atoms with Crippen LogP contribution in [0.25, 0.3) is 0 Å². The lowest BCUT2D eigenvalue weighted by molar-refractivity contribution is -0.128. The molecule has 1 aromatic rings. The first-order chi connectivity index (χ1) is 10.1. The maximum atomic E-state index is 11.4. The molecular weight excluding hydrogens is 268 g/mol. The average molecular weight is 294 g/mol. The molecule has 5 heteroatoms. The van der Waals surface area contributed by atoms with Gasteiger partial charge in [0.2, 0.25) is 5.91 Å². The molecule has 118 valence electrons. The van der Waals surface area contributed by atoms with Crippen molar-refractivity contribution in [1.29, 1.82) is 0 Å². The van der Waals surface area contributed by atoms with Gasteiger partial charge in [-0.3, -0.25) is 4.79 Å². The van der Waals surface area contributed by atoms with E-state index in [2.05, 4.69) is 5.32 Å². The number of nitrogens with one attached hydrogen (secondary N) is 1. The Hall–Kier alpha value is -1.59. The SMILES string of the molecule is COCCNCc1ccc(OCCCC(=O)N(C)C)cc1. The van der Waals surface area contributed by atoms with E-state index in [-0.39, 0.29) is 5.91 Å². The van der Waals surface area contributed by atoms with Crippen LogP contribution in [-0.4, -0.2) is 51.8 Å². The molecule has 0 bridgehead atoms. The molecule has 0 aliphatic rings. The number of carbonyl (C=O) groups excluding carboxylic acids is 1. The van der Waals surface area contributed by atoms with Gasteiger partial charge in [-0.1, -0.05) is 12.1 Å². The third-order valence-corrected chi connectivity index (χ3v) is 3.04. The Labute approximate surface area is 127 Å². The van der Waals surface area contributed by atoms with Crippen LogP contribution in [0.1, 0.15) is 18.4 Å². The molecule has 0 fully saturated rings. The van der Waals surface area contributed by atoms with E-state index in [1.807, 2.05) is 24.3 Å². The van der Waals surface area contributed by atoms with E-state index in [4.69, 9.17) is 9.47 Å². The zero-order valence-electron chi connectivity index (χ0n) is 13.2. The van der Waals surface area contributed by atoms with Crippen LogP contribution >= 0.6 is 0 Å². The lowest BCUT2D eigenvalue weighted by Crippen LogP contribution is -2.21. The van der Waals surface area contributed by atoms with Gasteiger partial charge in [0.1, 0.15) is 5.75 Å². The summed E-state index contributed by atoms with van der Waals surface area (Å²) in [6, 6.07) is 8.00. The number of nitrogens with zero attached hydrogens (tertiary/aromatic N) is 1. The number of benzene rings is 1. The van der Waals surface area contributed by atoms with E-state index in [1.54, 1.807) is 26.1 Å². The fourth-order valence-electron chi connectivity index (χ4n) is 1.75. The zero-order chi connectivity index (χ0) is 15.5. The monoisotopic (exact) mass is 294 g/mol. The number of hydrogen-bond donors (Lipinski definition) is 1. The highest BCUT2D eigenvalue weighted by molar-refractivity contribution is 5.75. The minimum absolute atomic E-state index is 0.135. The Bertz CT molecular complexity index is 404.